The number of hydrogen-bond acceptors (Lipinski definition) is 3. The molecule has 0 aliphatic carbocycles. The van der Waals surface area contributed by atoms with E-state index < -0.39 is 10.0 Å². The molecule has 1 saturated heterocycles. The molecule has 2 aromatic rings. The number of amides is 1. The number of rotatable bonds is 5. The Bertz CT molecular complexity index is 968. The van der Waals surface area contributed by atoms with Gasteiger partial charge in [-0.05, 0) is 62.4 Å². The summed E-state index contributed by atoms with van der Waals surface area (Å²) in [5, 5.41) is 0. The van der Waals surface area contributed by atoms with E-state index in [1.165, 1.54) is 12.6 Å². The number of benzene rings is 2. The van der Waals surface area contributed by atoms with Crippen LogP contribution in [-0.4, -0.2) is 43.7 Å². The zero-order valence-corrected chi connectivity index (χ0v) is 17.8. The van der Waals surface area contributed by atoms with E-state index >= 15 is 0 Å². The van der Waals surface area contributed by atoms with Gasteiger partial charge < -0.3 is 4.90 Å². The quantitative estimate of drug-likeness (QED) is 0.771. The van der Waals surface area contributed by atoms with Gasteiger partial charge in [-0.1, -0.05) is 35.9 Å². The Morgan fingerprint density at radius 2 is 1.75 bits per heavy atom. The Morgan fingerprint density at radius 1 is 1.07 bits per heavy atom. The minimum absolute atomic E-state index is 0.0193. The van der Waals surface area contributed by atoms with Crippen LogP contribution in [0.4, 0.5) is 0 Å². The first-order valence-electron chi connectivity index (χ1n) is 9.60. The Labute approximate surface area is 168 Å². The molecule has 3 rings (SSSR count). The average molecular weight is 401 g/mol. The topological polar surface area (TPSA) is 57.7 Å². The first kappa shape index (κ1) is 20.6. The molecule has 0 aromatic heterocycles. The summed E-state index contributed by atoms with van der Waals surface area (Å²) >= 11 is 0. The van der Waals surface area contributed by atoms with Crippen LogP contribution in [-0.2, 0) is 14.8 Å². The van der Waals surface area contributed by atoms with E-state index in [9.17, 15) is 13.2 Å². The minimum atomic E-state index is -3.70. The lowest BCUT2D eigenvalue weighted by Gasteiger charge is -2.27. The maximum Gasteiger partial charge on any atom is 0.243 e. The highest BCUT2D eigenvalue weighted by Crippen LogP contribution is 2.32. The standard InChI is InChI=1S/C22H28N2O3S/c1-16-7-10-19(11-8-16)21-6-5-13-24(21)22(25)15-23(4)28(26,27)20-12-9-17(2)18(3)14-20/h7-12,14,21H,5-6,13,15H2,1-4H3/t21-/m1/s1. The summed E-state index contributed by atoms with van der Waals surface area (Å²) in [6.07, 6.45) is 1.83. The van der Waals surface area contributed by atoms with Crippen molar-refractivity contribution < 1.29 is 13.2 Å². The molecule has 2 aromatic carbocycles. The number of nitrogens with zero attached hydrogens (tertiary/aromatic N) is 2. The van der Waals surface area contributed by atoms with Gasteiger partial charge in [-0.3, -0.25) is 4.79 Å². The highest BCUT2D eigenvalue weighted by molar-refractivity contribution is 7.89. The van der Waals surface area contributed by atoms with Gasteiger partial charge >= 0.3 is 0 Å². The van der Waals surface area contributed by atoms with Gasteiger partial charge in [0.05, 0.1) is 17.5 Å². The van der Waals surface area contributed by atoms with Crippen LogP contribution in [0.1, 0.15) is 41.1 Å². The second-order valence-electron chi connectivity index (χ2n) is 7.66. The fraction of sp³-hybridized carbons (Fsp3) is 0.409. The molecule has 1 amide bonds. The van der Waals surface area contributed by atoms with Crippen molar-refractivity contribution in [2.45, 2.75) is 44.6 Å². The molecule has 1 aliphatic rings. The highest BCUT2D eigenvalue weighted by atomic mass is 32.2. The Morgan fingerprint density at radius 3 is 2.39 bits per heavy atom. The molecule has 28 heavy (non-hydrogen) atoms. The summed E-state index contributed by atoms with van der Waals surface area (Å²) in [6, 6.07) is 13.3. The number of aryl methyl sites for hydroxylation is 3. The largest absolute Gasteiger partial charge is 0.335 e. The second kappa shape index (κ2) is 8.05. The smallest absolute Gasteiger partial charge is 0.243 e. The van der Waals surface area contributed by atoms with E-state index in [1.54, 1.807) is 18.2 Å². The third-order valence-electron chi connectivity index (χ3n) is 5.58. The molecule has 1 fully saturated rings. The molecule has 150 valence electrons. The number of hydrogen-bond donors (Lipinski definition) is 0. The van der Waals surface area contributed by atoms with Crippen LogP contribution in [0.15, 0.2) is 47.4 Å². The van der Waals surface area contributed by atoms with Crippen molar-refractivity contribution in [2.75, 3.05) is 20.1 Å². The fourth-order valence-corrected chi connectivity index (χ4v) is 4.83. The lowest BCUT2D eigenvalue weighted by molar-refractivity contribution is -0.132. The number of sulfonamides is 1. The van der Waals surface area contributed by atoms with Crippen LogP contribution in [0.3, 0.4) is 0 Å². The summed E-state index contributed by atoms with van der Waals surface area (Å²) in [7, 11) is -2.23. The first-order chi connectivity index (χ1) is 13.2. The van der Waals surface area contributed by atoms with Crippen molar-refractivity contribution in [1.29, 1.82) is 0 Å². The van der Waals surface area contributed by atoms with E-state index in [0.717, 1.165) is 33.8 Å². The summed E-state index contributed by atoms with van der Waals surface area (Å²) in [5.41, 5.74) is 4.24. The molecule has 1 atom stereocenters. The van der Waals surface area contributed by atoms with Gasteiger partial charge in [-0.2, -0.15) is 4.31 Å². The third kappa shape index (κ3) is 4.13. The van der Waals surface area contributed by atoms with E-state index in [0.29, 0.717) is 6.54 Å². The van der Waals surface area contributed by atoms with Crippen molar-refractivity contribution in [3.63, 3.8) is 0 Å². The molecular formula is C22H28N2O3S. The molecule has 0 N–H and O–H groups in total. The highest BCUT2D eigenvalue weighted by Gasteiger charge is 2.32. The van der Waals surface area contributed by atoms with Gasteiger partial charge in [0.1, 0.15) is 0 Å². The maximum atomic E-state index is 12.9. The molecule has 0 radical (unpaired) electrons. The van der Waals surface area contributed by atoms with Crippen molar-refractivity contribution in [1.82, 2.24) is 9.21 Å². The van der Waals surface area contributed by atoms with Crippen molar-refractivity contribution in [2.24, 2.45) is 0 Å². The van der Waals surface area contributed by atoms with Crippen molar-refractivity contribution in [3.8, 4) is 0 Å². The molecule has 0 unspecified atom stereocenters. The van der Waals surface area contributed by atoms with Crippen LogP contribution in [0, 0.1) is 20.8 Å². The molecule has 0 spiro atoms. The molecule has 6 heteroatoms. The normalized spacial score (nSPS) is 17.3. The number of likely N-dealkylation sites (N-methyl/N-ethyl adjacent to an activating group) is 1. The third-order valence-corrected chi connectivity index (χ3v) is 7.38. The van der Waals surface area contributed by atoms with Crippen LogP contribution >= 0.6 is 0 Å². The number of carbonyl (C=O) groups is 1. The van der Waals surface area contributed by atoms with Gasteiger partial charge in [0, 0.05) is 13.6 Å². The number of likely N-dealkylation sites (tertiary alicyclic amines) is 1. The molecule has 0 bridgehead atoms. The Kier molecular flexibility index (Phi) is 5.91. The SMILES string of the molecule is Cc1ccc([C@H]2CCCN2C(=O)CN(C)S(=O)(=O)c2ccc(C)c(C)c2)cc1. The van der Waals surface area contributed by atoms with Gasteiger partial charge in [0.25, 0.3) is 0 Å². The van der Waals surface area contributed by atoms with Crippen molar-refractivity contribution >= 4 is 15.9 Å². The predicted molar refractivity (Wildman–Crippen MR) is 111 cm³/mol. The van der Waals surface area contributed by atoms with E-state index in [1.807, 2.05) is 37.8 Å². The fourth-order valence-electron chi connectivity index (χ4n) is 3.62. The zero-order chi connectivity index (χ0) is 20.5. The van der Waals surface area contributed by atoms with E-state index in [4.69, 9.17) is 0 Å². The lowest BCUT2D eigenvalue weighted by Crippen LogP contribution is -2.40. The van der Waals surface area contributed by atoms with Gasteiger partial charge in [-0.15, -0.1) is 0 Å². The van der Waals surface area contributed by atoms with Crippen LogP contribution in [0.25, 0.3) is 0 Å². The van der Waals surface area contributed by atoms with Gasteiger partial charge in [-0.25, -0.2) is 8.42 Å². The first-order valence-corrected chi connectivity index (χ1v) is 11.0. The molecule has 1 aliphatic heterocycles. The van der Waals surface area contributed by atoms with Gasteiger partial charge in [0.15, 0.2) is 0 Å². The predicted octanol–water partition coefficient (Wildman–Crippen LogP) is 3.60. The lowest BCUT2D eigenvalue weighted by atomic mass is 10.0. The molecular weight excluding hydrogens is 372 g/mol. The number of carbonyl (C=O) groups excluding carboxylic acids is 1. The summed E-state index contributed by atoms with van der Waals surface area (Å²) in [4.78, 5) is 15.0. The maximum absolute atomic E-state index is 12.9. The average Bonchev–Trinajstić information content (AvgIpc) is 3.14. The molecule has 0 saturated carbocycles. The van der Waals surface area contributed by atoms with Gasteiger partial charge in [0.2, 0.25) is 15.9 Å². The molecule has 1 heterocycles. The Balaban J connectivity index is 1.75. The van der Waals surface area contributed by atoms with Crippen LogP contribution in [0.5, 0.6) is 0 Å². The van der Waals surface area contributed by atoms with E-state index in [2.05, 4.69) is 12.1 Å². The van der Waals surface area contributed by atoms with Crippen LogP contribution in [0.2, 0.25) is 0 Å². The van der Waals surface area contributed by atoms with Crippen LogP contribution < -0.4 is 0 Å². The van der Waals surface area contributed by atoms with E-state index in [-0.39, 0.29) is 23.4 Å². The zero-order valence-electron chi connectivity index (χ0n) is 17.0. The summed E-state index contributed by atoms with van der Waals surface area (Å²) in [6.45, 7) is 6.37. The molecule has 5 nitrogen and oxygen atoms in total. The summed E-state index contributed by atoms with van der Waals surface area (Å²) in [5.74, 6) is -0.155. The van der Waals surface area contributed by atoms with Crippen molar-refractivity contribution in [3.05, 3.63) is 64.7 Å². The summed E-state index contributed by atoms with van der Waals surface area (Å²) < 4.78 is 26.9. The Hall–Kier alpha value is -2.18. The monoisotopic (exact) mass is 400 g/mol. The second-order valence-corrected chi connectivity index (χ2v) is 9.71. The minimum Gasteiger partial charge on any atom is -0.335 e.